The van der Waals surface area contributed by atoms with Crippen molar-refractivity contribution in [2.45, 2.75) is 96.7 Å². The molecule has 3 saturated carbocycles. The molecule has 0 aromatic heterocycles. The topological polar surface area (TPSA) is 26.3 Å². The highest BCUT2D eigenvalue weighted by atomic mass is 32.1. The lowest BCUT2D eigenvalue weighted by Crippen LogP contribution is -2.50. The first-order chi connectivity index (χ1) is 14.3. The van der Waals surface area contributed by atoms with Crippen LogP contribution in [0.4, 0.5) is 0 Å². The second-order valence-electron chi connectivity index (χ2n) is 11.2. The summed E-state index contributed by atoms with van der Waals surface area (Å²) in [5.41, 5.74) is 4.24. The van der Waals surface area contributed by atoms with Gasteiger partial charge in [-0.25, -0.2) is 0 Å². The minimum atomic E-state index is -0.0857. The van der Waals surface area contributed by atoms with Gasteiger partial charge in [0.1, 0.15) is 0 Å². The Morgan fingerprint density at radius 2 is 2.00 bits per heavy atom. The van der Waals surface area contributed by atoms with Gasteiger partial charge in [-0.2, -0.15) is 12.6 Å². The molecule has 0 spiro atoms. The van der Waals surface area contributed by atoms with Gasteiger partial charge in [0.15, 0.2) is 0 Å². The van der Waals surface area contributed by atoms with E-state index in [1.54, 1.807) is 11.1 Å². The monoisotopic (exact) mass is 430 g/mol. The summed E-state index contributed by atoms with van der Waals surface area (Å²) in [4.78, 5) is 11.4. The molecule has 0 aromatic carbocycles. The van der Waals surface area contributed by atoms with Crippen LogP contribution in [-0.2, 0) is 9.53 Å². The lowest BCUT2D eigenvalue weighted by atomic mass is 9.47. The summed E-state index contributed by atoms with van der Waals surface area (Å²) in [6, 6.07) is 0. The molecule has 0 unspecified atom stereocenters. The van der Waals surface area contributed by atoms with Gasteiger partial charge >= 0.3 is 5.97 Å². The fraction of sp³-hybridized carbons (Fsp3) is 0.815. The Bertz CT molecular complexity index is 724. The van der Waals surface area contributed by atoms with E-state index in [9.17, 15) is 4.79 Å². The van der Waals surface area contributed by atoms with Crippen LogP contribution in [0.15, 0.2) is 23.3 Å². The molecule has 7 atom stereocenters. The maximum absolute atomic E-state index is 11.4. The quantitative estimate of drug-likeness (QED) is 0.217. The SMILES string of the molecule is COC(=O)CCC/C=C(\C)[C@H]1CC[C@H]2[C@@H]3CC=C4C[C@@H](S)CC[C@]4(C)[C@H]3CC[C@]12C. The summed E-state index contributed by atoms with van der Waals surface area (Å²) in [5, 5.41) is 0.581. The van der Waals surface area contributed by atoms with Crippen molar-refractivity contribution in [1.29, 1.82) is 0 Å². The van der Waals surface area contributed by atoms with Gasteiger partial charge in [-0.15, -0.1) is 0 Å². The van der Waals surface area contributed by atoms with Crippen LogP contribution in [0.25, 0.3) is 0 Å². The minimum Gasteiger partial charge on any atom is -0.469 e. The Morgan fingerprint density at radius 3 is 2.77 bits per heavy atom. The number of methoxy groups -OCH3 is 1. The molecule has 0 heterocycles. The molecular weight excluding hydrogens is 388 g/mol. The molecule has 0 N–H and O–H groups in total. The molecule has 2 nitrogen and oxygen atoms in total. The fourth-order valence-electron chi connectivity index (χ4n) is 8.21. The van der Waals surface area contributed by atoms with Crippen molar-refractivity contribution < 1.29 is 9.53 Å². The highest BCUT2D eigenvalue weighted by Gasteiger charge is 2.58. The number of thiol groups is 1. The van der Waals surface area contributed by atoms with E-state index in [-0.39, 0.29) is 5.97 Å². The Balaban J connectivity index is 1.47. The van der Waals surface area contributed by atoms with Crippen molar-refractivity contribution in [3.8, 4) is 0 Å². The van der Waals surface area contributed by atoms with E-state index in [1.165, 1.54) is 58.5 Å². The van der Waals surface area contributed by atoms with E-state index in [1.807, 2.05) is 0 Å². The lowest BCUT2D eigenvalue weighted by molar-refractivity contribution is -0.140. The zero-order chi connectivity index (χ0) is 21.5. The van der Waals surface area contributed by atoms with Crippen LogP contribution in [0.3, 0.4) is 0 Å². The third kappa shape index (κ3) is 3.82. The van der Waals surface area contributed by atoms with Crippen LogP contribution in [-0.4, -0.2) is 18.3 Å². The van der Waals surface area contributed by atoms with Crippen molar-refractivity contribution in [1.82, 2.24) is 0 Å². The van der Waals surface area contributed by atoms with Gasteiger partial charge in [-0.1, -0.05) is 37.1 Å². The zero-order valence-electron chi connectivity index (χ0n) is 19.6. The first-order valence-electron chi connectivity index (χ1n) is 12.4. The van der Waals surface area contributed by atoms with Crippen LogP contribution in [0.1, 0.15) is 91.4 Å². The smallest absolute Gasteiger partial charge is 0.305 e. The average molecular weight is 431 g/mol. The summed E-state index contributed by atoms with van der Waals surface area (Å²) in [7, 11) is 1.48. The van der Waals surface area contributed by atoms with E-state index in [4.69, 9.17) is 17.4 Å². The highest BCUT2D eigenvalue weighted by molar-refractivity contribution is 7.80. The van der Waals surface area contributed by atoms with Crippen molar-refractivity contribution in [2.75, 3.05) is 7.11 Å². The number of hydrogen-bond acceptors (Lipinski definition) is 3. The van der Waals surface area contributed by atoms with Gasteiger partial charge in [0.25, 0.3) is 0 Å². The number of carbonyl (C=O) groups is 1. The van der Waals surface area contributed by atoms with Crippen molar-refractivity contribution >= 4 is 18.6 Å². The third-order valence-corrected chi connectivity index (χ3v) is 10.3. The number of hydrogen-bond donors (Lipinski definition) is 1. The van der Waals surface area contributed by atoms with E-state index in [0.717, 1.165) is 36.5 Å². The Morgan fingerprint density at radius 1 is 1.20 bits per heavy atom. The minimum absolute atomic E-state index is 0.0857. The normalized spacial score (nSPS) is 43.3. The summed E-state index contributed by atoms with van der Waals surface area (Å²) in [6.45, 7) is 7.57. The summed E-state index contributed by atoms with van der Waals surface area (Å²) >= 11 is 4.82. The largest absolute Gasteiger partial charge is 0.469 e. The van der Waals surface area contributed by atoms with Crippen molar-refractivity contribution in [2.24, 2.45) is 34.5 Å². The molecule has 3 fully saturated rings. The number of allylic oxidation sites excluding steroid dienone is 4. The van der Waals surface area contributed by atoms with Crippen LogP contribution in [0, 0.1) is 34.5 Å². The van der Waals surface area contributed by atoms with E-state index >= 15 is 0 Å². The molecule has 168 valence electrons. The third-order valence-electron chi connectivity index (χ3n) is 9.91. The number of esters is 1. The van der Waals surface area contributed by atoms with E-state index in [0.29, 0.717) is 22.5 Å². The number of ether oxygens (including phenoxy) is 1. The van der Waals surface area contributed by atoms with Gasteiger partial charge in [-0.3, -0.25) is 4.79 Å². The Kier molecular flexibility index (Phi) is 6.51. The van der Waals surface area contributed by atoms with Gasteiger partial charge in [-0.05, 0) is 106 Å². The first-order valence-corrected chi connectivity index (χ1v) is 12.9. The number of unbranched alkanes of at least 4 members (excludes halogenated alkanes) is 1. The van der Waals surface area contributed by atoms with Gasteiger partial charge in [0, 0.05) is 11.7 Å². The summed E-state index contributed by atoms with van der Waals surface area (Å²) in [6.07, 6.45) is 18.3. The highest BCUT2D eigenvalue weighted by Crippen LogP contribution is 2.67. The molecule has 0 amide bonds. The molecule has 0 bridgehead atoms. The zero-order valence-corrected chi connectivity index (χ0v) is 20.5. The number of carbonyl (C=O) groups excluding carboxylic acids is 1. The molecule has 4 aliphatic carbocycles. The van der Waals surface area contributed by atoms with Crippen LogP contribution < -0.4 is 0 Å². The van der Waals surface area contributed by atoms with E-state index < -0.39 is 0 Å². The maximum Gasteiger partial charge on any atom is 0.305 e. The van der Waals surface area contributed by atoms with Crippen molar-refractivity contribution in [3.63, 3.8) is 0 Å². The molecule has 3 heteroatoms. The molecule has 4 aliphatic rings. The first kappa shape index (κ1) is 22.5. The van der Waals surface area contributed by atoms with Crippen LogP contribution >= 0.6 is 12.6 Å². The predicted molar refractivity (Wildman–Crippen MR) is 128 cm³/mol. The molecule has 4 rings (SSSR count). The van der Waals surface area contributed by atoms with Gasteiger partial charge in [0.05, 0.1) is 7.11 Å². The molecule has 0 aromatic rings. The second kappa shape index (κ2) is 8.68. The maximum atomic E-state index is 11.4. The summed E-state index contributed by atoms with van der Waals surface area (Å²) < 4.78 is 4.78. The van der Waals surface area contributed by atoms with E-state index in [2.05, 4.69) is 32.9 Å². The standard InChI is InChI=1S/C27H42O2S/c1-18(7-5-6-8-25(28)29-4)22-11-12-23-21-10-9-19-17-20(30)13-15-26(19,2)24(21)14-16-27(22,23)3/h7,9,20-24,30H,5-6,8,10-17H2,1-4H3/b18-7+/t20-,21-,22+,23-,24-,26-,27+/m0/s1. The molecule has 0 saturated heterocycles. The number of fused-ring (bicyclic) bond motifs is 5. The lowest BCUT2D eigenvalue weighted by Gasteiger charge is -2.58. The van der Waals surface area contributed by atoms with Gasteiger partial charge < -0.3 is 4.74 Å². The van der Waals surface area contributed by atoms with Crippen LogP contribution in [0.2, 0.25) is 0 Å². The van der Waals surface area contributed by atoms with Gasteiger partial charge in [0.2, 0.25) is 0 Å². The van der Waals surface area contributed by atoms with Crippen LogP contribution in [0.5, 0.6) is 0 Å². The molecule has 30 heavy (non-hydrogen) atoms. The summed E-state index contributed by atoms with van der Waals surface area (Å²) in [5.74, 6) is 3.29. The average Bonchev–Trinajstić information content (AvgIpc) is 3.08. The molecule has 0 radical (unpaired) electrons. The molecular formula is C27H42O2S. The second-order valence-corrected chi connectivity index (χ2v) is 12.0. The fourth-order valence-corrected chi connectivity index (χ4v) is 8.54. The predicted octanol–water partition coefficient (Wildman–Crippen LogP) is 7.15. The Labute approximate surface area is 189 Å². The van der Waals surface area contributed by atoms with Crippen molar-refractivity contribution in [3.05, 3.63) is 23.3 Å². The Hall–Kier alpha value is -0.700. The number of rotatable bonds is 5. The molecule has 0 aliphatic heterocycles.